The summed E-state index contributed by atoms with van der Waals surface area (Å²) < 4.78 is 5.27. The molecule has 0 radical (unpaired) electrons. The van der Waals surface area contributed by atoms with E-state index < -0.39 is 5.63 Å². The first-order chi connectivity index (χ1) is 11.6. The first-order valence-corrected chi connectivity index (χ1v) is 8.07. The summed E-state index contributed by atoms with van der Waals surface area (Å²) >= 11 is 0. The molecule has 0 aliphatic heterocycles. The van der Waals surface area contributed by atoms with Gasteiger partial charge in [-0.2, -0.15) is 0 Å². The lowest BCUT2D eigenvalue weighted by molar-refractivity contribution is 0.468. The Kier molecular flexibility index (Phi) is 4.67. The molecule has 4 heteroatoms. The van der Waals surface area contributed by atoms with Crippen LogP contribution in [0.1, 0.15) is 29.5 Å². The number of fused-ring (bicyclic) bond motifs is 1. The van der Waals surface area contributed by atoms with Gasteiger partial charge in [0.15, 0.2) is 0 Å². The summed E-state index contributed by atoms with van der Waals surface area (Å²) in [4.78, 5) is 11.8. The van der Waals surface area contributed by atoms with E-state index in [1.807, 2.05) is 18.2 Å². The fourth-order valence-electron chi connectivity index (χ4n) is 2.88. The molecule has 124 valence electrons. The summed E-state index contributed by atoms with van der Waals surface area (Å²) in [5, 5.41) is 14.1. The fourth-order valence-corrected chi connectivity index (χ4v) is 2.88. The summed E-state index contributed by atoms with van der Waals surface area (Å²) in [6.45, 7) is 5.30. The van der Waals surface area contributed by atoms with E-state index in [0.717, 1.165) is 17.5 Å². The van der Waals surface area contributed by atoms with Crippen LogP contribution in [0.25, 0.3) is 11.0 Å². The summed E-state index contributed by atoms with van der Waals surface area (Å²) in [5.41, 5.74) is 2.80. The predicted octanol–water partition coefficient (Wildman–Crippen LogP) is 3.70. The van der Waals surface area contributed by atoms with Gasteiger partial charge in [-0.05, 0) is 36.1 Å². The quantitative estimate of drug-likeness (QED) is 0.703. The van der Waals surface area contributed by atoms with E-state index in [-0.39, 0.29) is 5.75 Å². The van der Waals surface area contributed by atoms with Crippen molar-refractivity contribution in [2.75, 3.05) is 6.54 Å². The monoisotopic (exact) mass is 323 g/mol. The Morgan fingerprint density at radius 1 is 1.17 bits per heavy atom. The molecule has 4 nitrogen and oxygen atoms in total. The minimum Gasteiger partial charge on any atom is -0.508 e. The van der Waals surface area contributed by atoms with Gasteiger partial charge >= 0.3 is 5.63 Å². The molecule has 2 N–H and O–H groups in total. The van der Waals surface area contributed by atoms with Gasteiger partial charge in [0, 0.05) is 30.1 Å². The van der Waals surface area contributed by atoms with E-state index in [9.17, 15) is 9.90 Å². The maximum absolute atomic E-state index is 11.8. The van der Waals surface area contributed by atoms with Gasteiger partial charge in [0.2, 0.25) is 0 Å². The van der Waals surface area contributed by atoms with E-state index in [4.69, 9.17) is 4.42 Å². The van der Waals surface area contributed by atoms with Crippen molar-refractivity contribution in [3.05, 3.63) is 75.6 Å². The number of phenolic OH excluding ortho intramolecular Hbond substituents is 1. The molecule has 1 atom stereocenters. The third-order valence-electron chi connectivity index (χ3n) is 4.35. The van der Waals surface area contributed by atoms with Crippen LogP contribution in [0.2, 0.25) is 0 Å². The van der Waals surface area contributed by atoms with Crippen molar-refractivity contribution in [2.45, 2.75) is 26.3 Å². The highest BCUT2D eigenvalue weighted by atomic mass is 16.4. The van der Waals surface area contributed by atoms with Crippen LogP contribution < -0.4 is 10.9 Å². The Bertz CT molecular complexity index is 900. The summed E-state index contributed by atoms with van der Waals surface area (Å²) in [7, 11) is 0. The van der Waals surface area contributed by atoms with Gasteiger partial charge in [0.25, 0.3) is 0 Å². The van der Waals surface area contributed by atoms with Crippen molar-refractivity contribution < 1.29 is 9.52 Å². The molecule has 3 rings (SSSR count). The highest BCUT2D eigenvalue weighted by molar-refractivity contribution is 5.84. The number of aromatic hydroxyl groups is 1. The van der Waals surface area contributed by atoms with Crippen LogP contribution >= 0.6 is 0 Å². The Balaban J connectivity index is 1.78. The van der Waals surface area contributed by atoms with E-state index in [2.05, 4.69) is 24.4 Å². The van der Waals surface area contributed by atoms with E-state index >= 15 is 0 Å². The molecule has 1 heterocycles. The lowest BCUT2D eigenvalue weighted by atomic mass is 10.0. The third kappa shape index (κ3) is 3.34. The van der Waals surface area contributed by atoms with Gasteiger partial charge in [-0.3, -0.25) is 0 Å². The Hall–Kier alpha value is -2.59. The van der Waals surface area contributed by atoms with Crippen molar-refractivity contribution in [3.8, 4) is 5.75 Å². The molecule has 0 aliphatic rings. The minimum atomic E-state index is -0.399. The van der Waals surface area contributed by atoms with Gasteiger partial charge in [-0.15, -0.1) is 0 Å². The average molecular weight is 323 g/mol. The van der Waals surface area contributed by atoms with Gasteiger partial charge in [-0.25, -0.2) is 4.79 Å². The largest absolute Gasteiger partial charge is 0.508 e. The highest BCUT2D eigenvalue weighted by Crippen LogP contribution is 2.27. The minimum absolute atomic E-state index is 0.133. The molecular formula is C20H21NO3. The lowest BCUT2D eigenvalue weighted by Crippen LogP contribution is -2.20. The molecule has 0 saturated carbocycles. The second-order valence-electron chi connectivity index (χ2n) is 6.12. The number of rotatable bonds is 5. The predicted molar refractivity (Wildman–Crippen MR) is 95.4 cm³/mol. The van der Waals surface area contributed by atoms with Crippen LogP contribution in [-0.4, -0.2) is 11.7 Å². The standard InChI is InChI=1S/C20H21NO3/c1-13(15-6-4-3-5-7-15)11-21-12-16-10-19(23)24-20-14(2)18(22)9-8-17(16)20/h3-10,13,21-22H,11-12H2,1-2H3/t13-/m1/s1. The van der Waals surface area contributed by atoms with Crippen molar-refractivity contribution in [3.63, 3.8) is 0 Å². The van der Waals surface area contributed by atoms with Crippen molar-refractivity contribution >= 4 is 11.0 Å². The lowest BCUT2D eigenvalue weighted by Gasteiger charge is -2.14. The second-order valence-corrected chi connectivity index (χ2v) is 6.12. The van der Waals surface area contributed by atoms with Crippen LogP contribution in [-0.2, 0) is 6.54 Å². The molecule has 0 bridgehead atoms. The Morgan fingerprint density at radius 2 is 1.92 bits per heavy atom. The van der Waals surface area contributed by atoms with Crippen LogP contribution in [0.4, 0.5) is 0 Å². The van der Waals surface area contributed by atoms with Crippen LogP contribution in [0.15, 0.2) is 57.7 Å². The molecule has 1 aromatic heterocycles. The van der Waals surface area contributed by atoms with Crippen molar-refractivity contribution in [1.29, 1.82) is 0 Å². The van der Waals surface area contributed by atoms with Gasteiger partial charge < -0.3 is 14.8 Å². The van der Waals surface area contributed by atoms with Crippen molar-refractivity contribution in [1.82, 2.24) is 5.32 Å². The van der Waals surface area contributed by atoms with Gasteiger partial charge in [0.1, 0.15) is 11.3 Å². The smallest absolute Gasteiger partial charge is 0.336 e. The van der Waals surface area contributed by atoms with Crippen LogP contribution in [0.3, 0.4) is 0 Å². The molecule has 2 aromatic carbocycles. The van der Waals surface area contributed by atoms with Crippen molar-refractivity contribution in [2.24, 2.45) is 0 Å². The molecule has 0 spiro atoms. The van der Waals surface area contributed by atoms with Crippen LogP contribution in [0, 0.1) is 6.92 Å². The molecule has 3 aromatic rings. The van der Waals surface area contributed by atoms with Gasteiger partial charge in [-0.1, -0.05) is 37.3 Å². The average Bonchev–Trinajstić information content (AvgIpc) is 2.59. The normalized spacial score (nSPS) is 12.4. The topological polar surface area (TPSA) is 62.5 Å². The SMILES string of the molecule is Cc1c(O)ccc2c(CNC[C@@H](C)c3ccccc3)cc(=O)oc12. The number of nitrogens with one attached hydrogen (secondary N) is 1. The zero-order chi connectivity index (χ0) is 17.1. The third-order valence-corrected chi connectivity index (χ3v) is 4.35. The molecular weight excluding hydrogens is 302 g/mol. The van der Waals surface area contributed by atoms with Gasteiger partial charge in [0.05, 0.1) is 0 Å². The summed E-state index contributed by atoms with van der Waals surface area (Å²) in [6.07, 6.45) is 0. The number of hydrogen-bond acceptors (Lipinski definition) is 4. The molecule has 24 heavy (non-hydrogen) atoms. The summed E-state index contributed by atoms with van der Waals surface area (Å²) in [6, 6.07) is 15.3. The zero-order valence-electron chi connectivity index (χ0n) is 13.9. The first-order valence-electron chi connectivity index (χ1n) is 8.07. The van der Waals surface area contributed by atoms with E-state index in [1.54, 1.807) is 19.1 Å². The molecule has 0 fully saturated rings. The first kappa shape index (κ1) is 16.3. The maximum atomic E-state index is 11.8. The maximum Gasteiger partial charge on any atom is 0.336 e. The Morgan fingerprint density at radius 3 is 2.67 bits per heavy atom. The molecule has 0 amide bonds. The highest BCUT2D eigenvalue weighted by Gasteiger charge is 2.11. The van der Waals surface area contributed by atoms with E-state index in [1.165, 1.54) is 11.6 Å². The van der Waals surface area contributed by atoms with Crippen LogP contribution in [0.5, 0.6) is 5.75 Å². The molecule has 0 aliphatic carbocycles. The molecule has 0 saturated heterocycles. The number of aryl methyl sites for hydroxylation is 1. The van der Waals surface area contributed by atoms with E-state index in [0.29, 0.717) is 23.6 Å². The molecule has 0 unspecified atom stereocenters. The fraction of sp³-hybridized carbons (Fsp3) is 0.250. The Labute approximate surface area is 140 Å². The number of hydrogen-bond donors (Lipinski definition) is 2. The summed E-state index contributed by atoms with van der Waals surface area (Å²) in [5.74, 6) is 0.511. The number of benzene rings is 2. The number of phenols is 1. The second kappa shape index (κ2) is 6.89. The zero-order valence-corrected chi connectivity index (χ0v) is 13.9.